The number of halogens is 1. The molecule has 0 radical (unpaired) electrons. The van der Waals surface area contributed by atoms with Crippen LogP contribution in [0.25, 0.3) is 11.3 Å². The number of morpholine rings is 1. The minimum atomic E-state index is 0. The second-order valence-electron chi connectivity index (χ2n) is 8.54. The van der Waals surface area contributed by atoms with E-state index in [1.54, 1.807) is 0 Å². The number of benzene rings is 1. The van der Waals surface area contributed by atoms with Crippen molar-refractivity contribution in [1.82, 2.24) is 25.5 Å². The van der Waals surface area contributed by atoms with Crippen LogP contribution in [0.15, 0.2) is 41.5 Å². The van der Waals surface area contributed by atoms with Crippen molar-refractivity contribution >= 4 is 29.9 Å². The van der Waals surface area contributed by atoms with E-state index in [0.717, 1.165) is 62.4 Å². The van der Waals surface area contributed by atoms with Gasteiger partial charge in [0, 0.05) is 31.7 Å². The summed E-state index contributed by atoms with van der Waals surface area (Å²) in [5.41, 5.74) is 2.38. The highest BCUT2D eigenvalue weighted by molar-refractivity contribution is 14.0. The van der Waals surface area contributed by atoms with Gasteiger partial charge in [0.15, 0.2) is 5.96 Å². The second-order valence-corrected chi connectivity index (χ2v) is 8.54. The first-order chi connectivity index (χ1) is 15.3. The lowest BCUT2D eigenvalue weighted by Crippen LogP contribution is -2.60. The number of imidazole rings is 1. The molecule has 0 unspecified atom stereocenters. The number of nitrogens with zero attached hydrogens (tertiary/aromatic N) is 3. The molecule has 3 N–H and O–H groups in total. The topological polar surface area (TPSA) is 77.6 Å². The molecule has 0 bridgehead atoms. The fourth-order valence-electron chi connectivity index (χ4n) is 4.80. The molecule has 4 rings (SSSR count). The van der Waals surface area contributed by atoms with Crippen molar-refractivity contribution in [3.8, 4) is 11.3 Å². The lowest BCUT2D eigenvalue weighted by atomic mass is 9.80. The third-order valence-corrected chi connectivity index (χ3v) is 6.50. The summed E-state index contributed by atoms with van der Waals surface area (Å²) < 4.78 is 5.61. The summed E-state index contributed by atoms with van der Waals surface area (Å²) in [5, 5.41) is 7.06. The Morgan fingerprint density at radius 1 is 1.12 bits per heavy atom. The number of ether oxygens (including phenoxy) is 1. The van der Waals surface area contributed by atoms with Crippen LogP contribution in [0.1, 0.15) is 44.9 Å². The van der Waals surface area contributed by atoms with Crippen LogP contribution in [-0.2, 0) is 11.3 Å². The van der Waals surface area contributed by atoms with Crippen LogP contribution in [0.3, 0.4) is 0 Å². The summed E-state index contributed by atoms with van der Waals surface area (Å²) in [4.78, 5) is 15.4. The zero-order valence-electron chi connectivity index (χ0n) is 19.1. The number of hydrogen-bond donors (Lipinski definition) is 3. The average Bonchev–Trinajstić information content (AvgIpc) is 3.32. The molecule has 1 aliphatic heterocycles. The Morgan fingerprint density at radius 2 is 1.88 bits per heavy atom. The Hall–Kier alpha value is -1.65. The summed E-state index contributed by atoms with van der Waals surface area (Å²) in [5.74, 6) is 1.73. The summed E-state index contributed by atoms with van der Waals surface area (Å²) in [7, 11) is 0. The van der Waals surface area contributed by atoms with Crippen molar-refractivity contribution in [3.05, 3.63) is 42.4 Å². The van der Waals surface area contributed by atoms with Gasteiger partial charge in [-0.05, 0) is 25.3 Å². The van der Waals surface area contributed by atoms with E-state index in [2.05, 4.69) is 44.6 Å². The van der Waals surface area contributed by atoms with Crippen LogP contribution in [0.4, 0.5) is 0 Å². The number of hydrogen-bond acceptors (Lipinski definition) is 4. The van der Waals surface area contributed by atoms with E-state index in [9.17, 15) is 0 Å². The molecule has 1 saturated heterocycles. The van der Waals surface area contributed by atoms with Gasteiger partial charge in [-0.15, -0.1) is 24.0 Å². The molecule has 8 heteroatoms. The minimum absolute atomic E-state index is 0. The molecular weight excluding hydrogens is 515 g/mol. The minimum Gasteiger partial charge on any atom is -0.379 e. The maximum absolute atomic E-state index is 5.61. The molecule has 2 heterocycles. The van der Waals surface area contributed by atoms with Crippen molar-refractivity contribution in [3.63, 3.8) is 0 Å². The zero-order chi connectivity index (χ0) is 21.4. The van der Waals surface area contributed by atoms with Gasteiger partial charge in [0.1, 0.15) is 12.4 Å². The quantitative estimate of drug-likeness (QED) is 0.277. The second kappa shape index (κ2) is 12.6. The van der Waals surface area contributed by atoms with Gasteiger partial charge in [-0.25, -0.2) is 9.98 Å². The molecule has 0 amide bonds. The molecule has 0 spiro atoms. The largest absolute Gasteiger partial charge is 0.379 e. The van der Waals surface area contributed by atoms with E-state index in [0.29, 0.717) is 6.54 Å². The first-order valence-corrected chi connectivity index (χ1v) is 11.7. The molecule has 2 aromatic rings. The normalized spacial score (nSPS) is 19.2. The average molecular weight is 553 g/mol. The Morgan fingerprint density at radius 3 is 2.59 bits per heavy atom. The molecule has 7 nitrogen and oxygen atoms in total. The summed E-state index contributed by atoms with van der Waals surface area (Å²) in [6.45, 7) is 8.14. The zero-order valence-corrected chi connectivity index (χ0v) is 21.4. The smallest absolute Gasteiger partial charge is 0.191 e. The molecule has 1 aromatic carbocycles. The summed E-state index contributed by atoms with van der Waals surface area (Å²) in [6, 6.07) is 10.3. The number of H-pyrrole nitrogens is 1. The lowest BCUT2D eigenvalue weighted by Gasteiger charge is -2.48. The maximum atomic E-state index is 5.61. The number of rotatable bonds is 7. The van der Waals surface area contributed by atoms with E-state index < -0.39 is 0 Å². The number of nitrogens with one attached hydrogen (secondary N) is 3. The van der Waals surface area contributed by atoms with E-state index in [-0.39, 0.29) is 29.5 Å². The van der Waals surface area contributed by atoms with Gasteiger partial charge in [0.2, 0.25) is 0 Å². The number of aromatic amines is 1. The van der Waals surface area contributed by atoms with Crippen LogP contribution in [0, 0.1) is 0 Å². The Kier molecular flexibility index (Phi) is 9.80. The van der Waals surface area contributed by atoms with E-state index in [1.165, 1.54) is 32.1 Å². The van der Waals surface area contributed by atoms with Gasteiger partial charge < -0.3 is 20.4 Å². The third-order valence-electron chi connectivity index (χ3n) is 6.50. The van der Waals surface area contributed by atoms with Crippen molar-refractivity contribution in [1.29, 1.82) is 0 Å². The highest BCUT2D eigenvalue weighted by Crippen LogP contribution is 2.33. The van der Waals surface area contributed by atoms with Gasteiger partial charge in [-0.1, -0.05) is 49.6 Å². The summed E-state index contributed by atoms with van der Waals surface area (Å²) in [6.07, 6.45) is 8.34. The van der Waals surface area contributed by atoms with Gasteiger partial charge >= 0.3 is 0 Å². The Labute approximate surface area is 208 Å². The highest BCUT2D eigenvalue weighted by Gasteiger charge is 2.38. The van der Waals surface area contributed by atoms with Crippen LogP contribution in [0.5, 0.6) is 0 Å². The predicted molar refractivity (Wildman–Crippen MR) is 140 cm³/mol. The highest BCUT2D eigenvalue weighted by atomic mass is 127. The van der Waals surface area contributed by atoms with Crippen molar-refractivity contribution in [2.45, 2.75) is 51.1 Å². The first kappa shape index (κ1) is 25.0. The van der Waals surface area contributed by atoms with Gasteiger partial charge in [-0.2, -0.15) is 0 Å². The number of aromatic nitrogens is 2. The molecule has 2 fully saturated rings. The van der Waals surface area contributed by atoms with Gasteiger partial charge in [0.05, 0.1) is 25.1 Å². The SMILES string of the molecule is CCNC(=NCc1ncc(-c2ccccc2)[nH]1)NCC1(N2CCOCC2)CCCCC1.I. The molecule has 0 atom stereocenters. The van der Waals surface area contributed by atoms with Crippen molar-refractivity contribution in [2.75, 3.05) is 39.4 Å². The lowest BCUT2D eigenvalue weighted by molar-refractivity contribution is -0.0352. The van der Waals surface area contributed by atoms with Crippen LogP contribution in [-0.4, -0.2) is 65.8 Å². The molecule has 2 aliphatic rings. The molecule has 32 heavy (non-hydrogen) atoms. The fourth-order valence-corrected chi connectivity index (χ4v) is 4.80. The molecule has 1 saturated carbocycles. The maximum Gasteiger partial charge on any atom is 0.191 e. The van der Waals surface area contributed by atoms with E-state index >= 15 is 0 Å². The van der Waals surface area contributed by atoms with E-state index in [4.69, 9.17) is 9.73 Å². The van der Waals surface area contributed by atoms with Gasteiger partial charge in [-0.3, -0.25) is 4.90 Å². The number of aliphatic imine (C=N–C) groups is 1. The van der Waals surface area contributed by atoms with Crippen LogP contribution >= 0.6 is 24.0 Å². The fraction of sp³-hybridized carbons (Fsp3) is 0.583. The third kappa shape index (κ3) is 6.45. The Balaban J connectivity index is 0.00000289. The first-order valence-electron chi connectivity index (χ1n) is 11.7. The Bertz CT molecular complexity index is 828. The molecule has 176 valence electrons. The monoisotopic (exact) mass is 552 g/mol. The van der Waals surface area contributed by atoms with Crippen molar-refractivity contribution < 1.29 is 4.74 Å². The predicted octanol–water partition coefficient (Wildman–Crippen LogP) is 3.78. The summed E-state index contributed by atoms with van der Waals surface area (Å²) >= 11 is 0. The molecular formula is C24H37IN6O. The van der Waals surface area contributed by atoms with Crippen molar-refractivity contribution in [2.24, 2.45) is 4.99 Å². The van der Waals surface area contributed by atoms with Gasteiger partial charge in [0.25, 0.3) is 0 Å². The van der Waals surface area contributed by atoms with Crippen LogP contribution < -0.4 is 10.6 Å². The number of guanidine groups is 1. The standard InChI is InChI=1S/C24H36N6O.HI/c1-2-25-23(27-18-22-26-17-21(29-22)20-9-5-3-6-10-20)28-19-24(11-7-4-8-12-24)30-13-15-31-16-14-30;/h3,5-6,9-10,17H,2,4,7-8,11-16,18-19H2,1H3,(H,26,29)(H2,25,27,28);1H. The van der Waals surface area contributed by atoms with E-state index in [1.807, 2.05) is 24.4 Å². The molecule has 1 aliphatic carbocycles. The van der Waals surface area contributed by atoms with Crippen LogP contribution in [0.2, 0.25) is 0 Å². The molecule has 1 aromatic heterocycles.